The summed E-state index contributed by atoms with van der Waals surface area (Å²) in [7, 11) is 0. The lowest BCUT2D eigenvalue weighted by Gasteiger charge is -2.35. The van der Waals surface area contributed by atoms with E-state index in [2.05, 4.69) is 29.2 Å². The highest BCUT2D eigenvalue weighted by Gasteiger charge is 2.22. The predicted molar refractivity (Wildman–Crippen MR) is 103 cm³/mol. The number of rotatable bonds is 5. The monoisotopic (exact) mass is 342 g/mol. The van der Waals surface area contributed by atoms with Crippen LogP contribution in [0.25, 0.3) is 0 Å². The van der Waals surface area contributed by atoms with Gasteiger partial charge in [-0.15, -0.1) is 0 Å². The van der Waals surface area contributed by atoms with Gasteiger partial charge in [0.15, 0.2) is 0 Å². The predicted octanol–water partition coefficient (Wildman–Crippen LogP) is 3.12. The second-order valence-corrected chi connectivity index (χ2v) is 7.56. The summed E-state index contributed by atoms with van der Waals surface area (Å²) < 4.78 is 0. The van der Waals surface area contributed by atoms with Gasteiger partial charge in [0, 0.05) is 43.4 Å². The number of amides is 1. The fraction of sp³-hybridized carbons (Fsp3) is 0.600. The largest absolute Gasteiger partial charge is 0.352 e. The quantitative estimate of drug-likeness (QED) is 0.894. The van der Waals surface area contributed by atoms with Crippen molar-refractivity contribution in [3.05, 3.63) is 29.8 Å². The summed E-state index contributed by atoms with van der Waals surface area (Å²) in [6.07, 6.45) is 3.44. The Morgan fingerprint density at radius 3 is 2.68 bits per heavy atom. The molecule has 0 radical (unpaired) electrons. The Morgan fingerprint density at radius 2 is 2.04 bits per heavy atom. The van der Waals surface area contributed by atoms with Crippen LogP contribution in [0.1, 0.15) is 50.4 Å². The summed E-state index contributed by atoms with van der Waals surface area (Å²) in [5.74, 6) is 0.579. The molecule has 1 amide bonds. The number of likely N-dealkylation sites (tertiary alicyclic amines) is 1. The summed E-state index contributed by atoms with van der Waals surface area (Å²) in [6, 6.07) is 8.35. The van der Waals surface area contributed by atoms with Crippen molar-refractivity contribution in [3.63, 3.8) is 0 Å². The molecule has 1 unspecified atom stereocenters. The van der Waals surface area contributed by atoms with Crippen LogP contribution in [0.15, 0.2) is 29.4 Å². The number of hydrazone groups is 1. The van der Waals surface area contributed by atoms with Crippen LogP contribution in [-0.2, 0) is 0 Å². The molecule has 0 aliphatic carbocycles. The van der Waals surface area contributed by atoms with E-state index in [1.165, 1.54) is 19.4 Å². The first kappa shape index (κ1) is 17.9. The van der Waals surface area contributed by atoms with Crippen molar-refractivity contribution in [1.29, 1.82) is 0 Å². The van der Waals surface area contributed by atoms with Crippen LogP contribution in [0.5, 0.6) is 0 Å². The van der Waals surface area contributed by atoms with Gasteiger partial charge in [-0.3, -0.25) is 9.80 Å². The van der Waals surface area contributed by atoms with Gasteiger partial charge in [-0.25, -0.2) is 0 Å². The van der Waals surface area contributed by atoms with Gasteiger partial charge in [-0.2, -0.15) is 5.10 Å². The molecule has 1 aromatic rings. The molecule has 2 heterocycles. The van der Waals surface area contributed by atoms with E-state index in [0.29, 0.717) is 12.0 Å². The first-order valence-corrected chi connectivity index (χ1v) is 9.47. The lowest BCUT2D eigenvalue weighted by molar-refractivity contribution is 0.0922. The van der Waals surface area contributed by atoms with Crippen LogP contribution in [0.3, 0.4) is 0 Å². The Morgan fingerprint density at radius 1 is 1.28 bits per heavy atom. The molecule has 1 N–H and O–H groups in total. The standard InChI is InChI=1S/C20H30N4O/c1-15(2)23-11-4-5-17(14-23)13-21-20(25)18-6-8-19(9-7-18)24-12-10-16(3)22-24/h6-9,15,17H,4-5,10-14H2,1-3H3,(H,21,25). The molecule has 5 heteroatoms. The third kappa shape index (κ3) is 4.60. The molecule has 2 aliphatic rings. The maximum absolute atomic E-state index is 12.4. The minimum atomic E-state index is 0.0225. The number of carbonyl (C=O) groups is 1. The highest BCUT2D eigenvalue weighted by Crippen LogP contribution is 2.20. The van der Waals surface area contributed by atoms with Crippen LogP contribution in [0.4, 0.5) is 5.69 Å². The molecule has 1 aromatic carbocycles. The Balaban J connectivity index is 1.51. The molecule has 25 heavy (non-hydrogen) atoms. The van der Waals surface area contributed by atoms with Gasteiger partial charge in [0.05, 0.1) is 5.69 Å². The summed E-state index contributed by atoms with van der Waals surface area (Å²) >= 11 is 0. The van der Waals surface area contributed by atoms with Crippen molar-refractivity contribution in [2.24, 2.45) is 11.0 Å². The molecule has 136 valence electrons. The number of benzene rings is 1. The van der Waals surface area contributed by atoms with Gasteiger partial charge < -0.3 is 10.2 Å². The summed E-state index contributed by atoms with van der Waals surface area (Å²) in [5.41, 5.74) is 2.93. The Labute approximate surface area is 151 Å². The molecule has 1 saturated heterocycles. The number of nitrogens with one attached hydrogen (secondary N) is 1. The van der Waals surface area contributed by atoms with E-state index in [4.69, 9.17) is 0 Å². The molecule has 0 aromatic heterocycles. The van der Waals surface area contributed by atoms with Gasteiger partial charge >= 0.3 is 0 Å². The van der Waals surface area contributed by atoms with Crippen molar-refractivity contribution >= 4 is 17.3 Å². The second kappa shape index (κ2) is 8.00. The summed E-state index contributed by atoms with van der Waals surface area (Å²) in [5, 5.41) is 9.61. The first-order chi connectivity index (χ1) is 12.0. The van der Waals surface area contributed by atoms with E-state index in [-0.39, 0.29) is 5.91 Å². The lowest BCUT2D eigenvalue weighted by Crippen LogP contribution is -2.43. The molecule has 3 rings (SSSR count). The van der Waals surface area contributed by atoms with E-state index < -0.39 is 0 Å². The van der Waals surface area contributed by atoms with Gasteiger partial charge in [-0.05, 0) is 70.3 Å². The van der Waals surface area contributed by atoms with Gasteiger partial charge in [0.25, 0.3) is 5.91 Å². The van der Waals surface area contributed by atoms with Crippen molar-refractivity contribution in [2.45, 2.75) is 46.1 Å². The summed E-state index contributed by atoms with van der Waals surface area (Å²) in [6.45, 7) is 10.5. The minimum Gasteiger partial charge on any atom is -0.352 e. The number of hydrogen-bond donors (Lipinski definition) is 1. The maximum atomic E-state index is 12.4. The maximum Gasteiger partial charge on any atom is 0.251 e. The fourth-order valence-corrected chi connectivity index (χ4v) is 3.62. The Hall–Kier alpha value is -1.88. The number of carbonyl (C=O) groups excluding carboxylic acids is 1. The number of nitrogens with zero attached hydrogens (tertiary/aromatic N) is 3. The number of piperidine rings is 1. The molecule has 0 spiro atoms. The zero-order valence-electron chi connectivity index (χ0n) is 15.7. The van der Waals surface area contributed by atoms with Gasteiger partial charge in [0.1, 0.15) is 0 Å². The van der Waals surface area contributed by atoms with E-state index in [9.17, 15) is 4.79 Å². The lowest BCUT2D eigenvalue weighted by atomic mass is 9.97. The third-order valence-electron chi connectivity index (χ3n) is 5.24. The number of hydrogen-bond acceptors (Lipinski definition) is 4. The molecule has 1 fully saturated rings. The minimum absolute atomic E-state index is 0.0225. The highest BCUT2D eigenvalue weighted by atomic mass is 16.1. The van der Waals surface area contributed by atoms with E-state index >= 15 is 0 Å². The first-order valence-electron chi connectivity index (χ1n) is 9.47. The van der Waals surface area contributed by atoms with Crippen molar-refractivity contribution in [2.75, 3.05) is 31.2 Å². The topological polar surface area (TPSA) is 47.9 Å². The average Bonchev–Trinajstić information content (AvgIpc) is 3.06. The molecule has 1 atom stereocenters. The SMILES string of the molecule is CC1=NN(c2ccc(C(=O)NCC3CCCN(C(C)C)C3)cc2)CC1. The van der Waals surface area contributed by atoms with Crippen molar-refractivity contribution in [3.8, 4) is 0 Å². The van der Waals surface area contributed by atoms with Crippen molar-refractivity contribution in [1.82, 2.24) is 10.2 Å². The van der Waals surface area contributed by atoms with Crippen LogP contribution >= 0.6 is 0 Å². The van der Waals surface area contributed by atoms with Gasteiger partial charge in [-0.1, -0.05) is 0 Å². The smallest absolute Gasteiger partial charge is 0.251 e. The average molecular weight is 342 g/mol. The molecular formula is C20H30N4O. The van der Waals surface area contributed by atoms with Crippen LogP contribution in [-0.4, -0.2) is 48.7 Å². The molecule has 0 saturated carbocycles. The van der Waals surface area contributed by atoms with Crippen LogP contribution in [0.2, 0.25) is 0 Å². The number of anilines is 1. The molecule has 5 nitrogen and oxygen atoms in total. The molecular weight excluding hydrogens is 312 g/mol. The third-order valence-corrected chi connectivity index (χ3v) is 5.24. The van der Waals surface area contributed by atoms with Crippen molar-refractivity contribution < 1.29 is 4.79 Å². The molecule has 0 bridgehead atoms. The molecule has 2 aliphatic heterocycles. The second-order valence-electron chi connectivity index (χ2n) is 7.56. The summed E-state index contributed by atoms with van der Waals surface area (Å²) in [4.78, 5) is 14.9. The normalized spacial score (nSPS) is 21.5. The van der Waals surface area contributed by atoms with Crippen LogP contribution < -0.4 is 10.3 Å². The Bertz CT molecular complexity index is 623. The Kier molecular flexibility index (Phi) is 5.74. The van der Waals surface area contributed by atoms with Crippen LogP contribution in [0, 0.1) is 5.92 Å². The zero-order chi connectivity index (χ0) is 17.8. The zero-order valence-corrected chi connectivity index (χ0v) is 15.7. The van der Waals surface area contributed by atoms with E-state index in [0.717, 1.165) is 43.0 Å². The van der Waals surface area contributed by atoms with Gasteiger partial charge in [0.2, 0.25) is 0 Å². The fourth-order valence-electron chi connectivity index (χ4n) is 3.62. The van der Waals surface area contributed by atoms with E-state index in [1.54, 1.807) is 0 Å². The highest BCUT2D eigenvalue weighted by molar-refractivity contribution is 5.94. The van der Waals surface area contributed by atoms with E-state index in [1.807, 2.05) is 36.2 Å².